The van der Waals surface area contributed by atoms with E-state index in [4.69, 9.17) is 0 Å². The van der Waals surface area contributed by atoms with Gasteiger partial charge < -0.3 is 5.32 Å². The van der Waals surface area contributed by atoms with Crippen LogP contribution in [0.2, 0.25) is 0 Å². The largest absolute Gasteiger partial charge is 0.321 e. The quantitative estimate of drug-likeness (QED) is 0.728. The van der Waals surface area contributed by atoms with Gasteiger partial charge in [0.25, 0.3) is 11.5 Å². The molecule has 2 aromatic heterocycles. The third-order valence-corrected chi connectivity index (χ3v) is 5.25. The zero-order valence-electron chi connectivity index (χ0n) is 14.3. The lowest BCUT2D eigenvalue weighted by atomic mass is 10.2. The van der Waals surface area contributed by atoms with Gasteiger partial charge in [0, 0.05) is 18.3 Å². The average Bonchev–Trinajstić information content (AvgIpc) is 2.95. The van der Waals surface area contributed by atoms with E-state index < -0.39 is 17.5 Å². The van der Waals surface area contributed by atoms with E-state index >= 15 is 0 Å². The minimum atomic E-state index is -1.05. The standard InChI is InChI=1S/C18H17F2N3O2S/c1-3-4-7-23-9-21-17-14(18(23)25)10(2)15(26-17)16(24)22-11-5-6-12(19)13(20)8-11/h5-6,8-9H,3-4,7H2,1-2H3,(H,22,24). The van der Waals surface area contributed by atoms with Crippen LogP contribution in [0.3, 0.4) is 0 Å². The fraction of sp³-hybridized carbons (Fsp3) is 0.278. The van der Waals surface area contributed by atoms with E-state index in [1.54, 1.807) is 11.5 Å². The number of amides is 1. The van der Waals surface area contributed by atoms with E-state index in [-0.39, 0.29) is 11.2 Å². The molecule has 2 heterocycles. The number of anilines is 1. The van der Waals surface area contributed by atoms with Crippen LogP contribution >= 0.6 is 11.3 Å². The van der Waals surface area contributed by atoms with Crippen LogP contribution in [-0.2, 0) is 6.54 Å². The summed E-state index contributed by atoms with van der Waals surface area (Å²) in [5.41, 5.74) is 0.497. The molecule has 0 radical (unpaired) electrons. The zero-order chi connectivity index (χ0) is 18.8. The van der Waals surface area contributed by atoms with Gasteiger partial charge in [-0.25, -0.2) is 13.8 Å². The predicted octanol–water partition coefficient (Wildman–Crippen LogP) is 4.10. The van der Waals surface area contributed by atoms with Crippen molar-refractivity contribution < 1.29 is 13.6 Å². The van der Waals surface area contributed by atoms with Gasteiger partial charge in [0.05, 0.1) is 16.6 Å². The Bertz CT molecular complexity index is 1040. The monoisotopic (exact) mass is 377 g/mol. The highest BCUT2D eigenvalue weighted by Crippen LogP contribution is 2.27. The molecule has 0 saturated heterocycles. The number of unbranched alkanes of at least 4 members (excludes halogenated alkanes) is 1. The number of hydrogen-bond donors (Lipinski definition) is 1. The second kappa shape index (κ2) is 7.33. The van der Waals surface area contributed by atoms with E-state index in [1.165, 1.54) is 12.4 Å². The smallest absolute Gasteiger partial charge is 0.266 e. The molecule has 0 spiro atoms. The van der Waals surface area contributed by atoms with Crippen molar-refractivity contribution in [2.75, 3.05) is 5.32 Å². The zero-order valence-corrected chi connectivity index (χ0v) is 15.1. The third kappa shape index (κ3) is 3.37. The molecule has 0 aliphatic carbocycles. The van der Waals surface area contributed by atoms with Gasteiger partial charge >= 0.3 is 0 Å². The Morgan fingerprint density at radius 2 is 2.08 bits per heavy atom. The maximum Gasteiger partial charge on any atom is 0.266 e. The molecule has 5 nitrogen and oxygen atoms in total. The van der Waals surface area contributed by atoms with Crippen molar-refractivity contribution >= 4 is 33.1 Å². The number of fused-ring (bicyclic) bond motifs is 1. The van der Waals surface area contributed by atoms with Crippen molar-refractivity contribution in [1.82, 2.24) is 9.55 Å². The maximum absolute atomic E-state index is 13.3. The number of rotatable bonds is 5. The number of aryl methyl sites for hydroxylation is 2. The van der Waals surface area contributed by atoms with Crippen molar-refractivity contribution in [3.8, 4) is 0 Å². The van der Waals surface area contributed by atoms with Gasteiger partial charge in [-0.3, -0.25) is 14.2 Å². The normalized spacial score (nSPS) is 11.1. The molecule has 1 aromatic carbocycles. The Morgan fingerprint density at radius 3 is 2.77 bits per heavy atom. The predicted molar refractivity (Wildman–Crippen MR) is 97.8 cm³/mol. The maximum atomic E-state index is 13.3. The number of nitrogens with one attached hydrogen (secondary N) is 1. The lowest BCUT2D eigenvalue weighted by Gasteiger charge is -2.05. The topological polar surface area (TPSA) is 64.0 Å². The van der Waals surface area contributed by atoms with Gasteiger partial charge in [-0.2, -0.15) is 0 Å². The van der Waals surface area contributed by atoms with Gasteiger partial charge in [-0.15, -0.1) is 11.3 Å². The Hall–Kier alpha value is -2.61. The van der Waals surface area contributed by atoms with Crippen LogP contribution in [0.1, 0.15) is 35.0 Å². The van der Waals surface area contributed by atoms with Gasteiger partial charge in [0.15, 0.2) is 11.6 Å². The molecule has 0 unspecified atom stereocenters. The molecule has 26 heavy (non-hydrogen) atoms. The summed E-state index contributed by atoms with van der Waals surface area (Å²) >= 11 is 1.10. The summed E-state index contributed by atoms with van der Waals surface area (Å²) in [6, 6.07) is 3.12. The molecule has 1 amide bonds. The van der Waals surface area contributed by atoms with Crippen LogP contribution in [-0.4, -0.2) is 15.5 Å². The van der Waals surface area contributed by atoms with Crippen LogP contribution in [0, 0.1) is 18.6 Å². The lowest BCUT2D eigenvalue weighted by molar-refractivity contribution is 0.103. The number of carbonyl (C=O) groups is 1. The summed E-state index contributed by atoms with van der Waals surface area (Å²) in [6.45, 7) is 4.30. The summed E-state index contributed by atoms with van der Waals surface area (Å²) in [6.07, 6.45) is 3.31. The van der Waals surface area contributed by atoms with Gasteiger partial charge in [-0.05, 0) is 31.0 Å². The molecular weight excluding hydrogens is 360 g/mol. The minimum Gasteiger partial charge on any atom is -0.321 e. The van der Waals surface area contributed by atoms with Crippen molar-refractivity contribution in [1.29, 1.82) is 0 Å². The number of nitrogens with zero attached hydrogens (tertiary/aromatic N) is 2. The number of benzene rings is 1. The third-order valence-electron chi connectivity index (χ3n) is 4.05. The fourth-order valence-electron chi connectivity index (χ4n) is 2.63. The molecule has 136 valence electrons. The highest BCUT2D eigenvalue weighted by Gasteiger charge is 2.20. The first-order chi connectivity index (χ1) is 12.4. The van der Waals surface area contributed by atoms with E-state index in [9.17, 15) is 18.4 Å². The highest BCUT2D eigenvalue weighted by molar-refractivity contribution is 7.20. The Labute approximate surface area is 152 Å². The molecule has 0 bridgehead atoms. The van der Waals surface area contributed by atoms with Crippen molar-refractivity contribution in [3.05, 3.63) is 57.0 Å². The van der Waals surface area contributed by atoms with Crippen LogP contribution in [0.25, 0.3) is 10.2 Å². The van der Waals surface area contributed by atoms with Crippen molar-refractivity contribution in [2.45, 2.75) is 33.2 Å². The Balaban J connectivity index is 1.95. The van der Waals surface area contributed by atoms with E-state index in [2.05, 4.69) is 10.3 Å². The van der Waals surface area contributed by atoms with E-state index in [1.807, 2.05) is 6.92 Å². The SMILES string of the molecule is CCCCn1cnc2sc(C(=O)Nc3ccc(F)c(F)c3)c(C)c2c1=O. The number of halogens is 2. The molecule has 0 fully saturated rings. The first-order valence-corrected chi connectivity index (χ1v) is 8.99. The summed E-state index contributed by atoms with van der Waals surface area (Å²) in [4.78, 5) is 30.2. The first kappa shape index (κ1) is 18.2. The average molecular weight is 377 g/mol. The summed E-state index contributed by atoms with van der Waals surface area (Å²) in [7, 11) is 0. The molecule has 0 atom stereocenters. The van der Waals surface area contributed by atoms with Crippen LogP contribution in [0.15, 0.2) is 29.3 Å². The second-order valence-electron chi connectivity index (χ2n) is 5.92. The van der Waals surface area contributed by atoms with Crippen LogP contribution in [0.4, 0.5) is 14.5 Å². The number of carbonyl (C=O) groups excluding carboxylic acids is 1. The summed E-state index contributed by atoms with van der Waals surface area (Å²) in [5.74, 6) is -2.52. The number of aromatic nitrogens is 2. The number of hydrogen-bond acceptors (Lipinski definition) is 4. The van der Waals surface area contributed by atoms with Crippen LogP contribution in [0.5, 0.6) is 0 Å². The summed E-state index contributed by atoms with van der Waals surface area (Å²) < 4.78 is 27.8. The molecular formula is C18H17F2N3O2S. The first-order valence-electron chi connectivity index (χ1n) is 8.17. The van der Waals surface area contributed by atoms with Gasteiger partial charge in [0.1, 0.15) is 4.83 Å². The molecule has 8 heteroatoms. The molecule has 1 N–H and O–H groups in total. The van der Waals surface area contributed by atoms with E-state index in [0.29, 0.717) is 27.2 Å². The highest BCUT2D eigenvalue weighted by atomic mass is 32.1. The minimum absolute atomic E-state index is 0.138. The molecule has 0 aliphatic heterocycles. The fourth-order valence-corrected chi connectivity index (χ4v) is 3.66. The van der Waals surface area contributed by atoms with Crippen molar-refractivity contribution in [3.63, 3.8) is 0 Å². The van der Waals surface area contributed by atoms with Gasteiger partial charge in [-0.1, -0.05) is 13.3 Å². The second-order valence-corrected chi connectivity index (χ2v) is 6.92. The molecule has 3 rings (SSSR count). The summed E-state index contributed by atoms with van der Waals surface area (Å²) in [5, 5.41) is 2.95. The molecule has 0 saturated carbocycles. The van der Waals surface area contributed by atoms with Crippen molar-refractivity contribution in [2.24, 2.45) is 0 Å². The number of thiophene rings is 1. The Morgan fingerprint density at radius 1 is 1.31 bits per heavy atom. The molecule has 3 aromatic rings. The van der Waals surface area contributed by atoms with Crippen LogP contribution < -0.4 is 10.9 Å². The Kier molecular flexibility index (Phi) is 5.13. The lowest BCUT2D eigenvalue weighted by Crippen LogP contribution is -2.20. The molecule has 0 aliphatic rings. The van der Waals surface area contributed by atoms with Gasteiger partial charge in [0.2, 0.25) is 0 Å². The van der Waals surface area contributed by atoms with E-state index in [0.717, 1.165) is 36.3 Å².